The van der Waals surface area contributed by atoms with Crippen molar-refractivity contribution in [2.24, 2.45) is 0 Å². The second-order valence-electron chi connectivity index (χ2n) is 7.26. The van der Waals surface area contributed by atoms with Crippen molar-refractivity contribution in [1.82, 2.24) is 20.1 Å². The van der Waals surface area contributed by atoms with Gasteiger partial charge in [-0.25, -0.2) is 0 Å². The minimum Gasteiger partial charge on any atom is -0.376 e. The van der Waals surface area contributed by atoms with Crippen LogP contribution in [-0.2, 0) is 16.1 Å². The molecule has 27 heavy (non-hydrogen) atoms. The molecule has 1 saturated heterocycles. The Balaban J connectivity index is 1.47. The lowest BCUT2D eigenvalue weighted by Gasteiger charge is -2.15. The Morgan fingerprint density at radius 1 is 1.15 bits per heavy atom. The molecule has 1 unspecified atom stereocenters. The molecule has 1 aromatic heterocycles. The quantitative estimate of drug-likeness (QED) is 0.740. The largest absolute Gasteiger partial charge is 0.376 e. The molecule has 4 rings (SSSR count). The molecule has 1 saturated carbocycles. The maximum Gasteiger partial charge on any atom is 0.230 e. The van der Waals surface area contributed by atoms with E-state index in [9.17, 15) is 4.79 Å². The van der Waals surface area contributed by atoms with Crippen molar-refractivity contribution in [3.8, 4) is 11.4 Å². The van der Waals surface area contributed by atoms with Gasteiger partial charge in [0.1, 0.15) is 0 Å². The third-order valence-electron chi connectivity index (χ3n) is 5.21. The number of ether oxygens (including phenoxy) is 1. The van der Waals surface area contributed by atoms with Crippen molar-refractivity contribution in [3.63, 3.8) is 0 Å². The Hall–Kier alpha value is -1.86. The van der Waals surface area contributed by atoms with Crippen LogP contribution in [0.4, 0.5) is 0 Å². The van der Waals surface area contributed by atoms with E-state index in [1.54, 1.807) is 0 Å². The highest BCUT2D eigenvalue weighted by Gasteiger charge is 2.23. The van der Waals surface area contributed by atoms with Gasteiger partial charge in [0.2, 0.25) is 5.91 Å². The maximum absolute atomic E-state index is 12.3. The maximum atomic E-state index is 12.3. The molecule has 1 atom stereocenters. The second kappa shape index (κ2) is 8.89. The molecule has 2 heterocycles. The number of carbonyl (C=O) groups excluding carboxylic acids is 1. The number of hydrogen-bond donors (Lipinski definition) is 1. The molecule has 1 aromatic carbocycles. The summed E-state index contributed by atoms with van der Waals surface area (Å²) in [6, 6.07) is 10.4. The number of aromatic nitrogens is 3. The fourth-order valence-electron chi connectivity index (χ4n) is 3.82. The van der Waals surface area contributed by atoms with Crippen LogP contribution in [0.5, 0.6) is 0 Å². The molecule has 1 amide bonds. The number of thioether (sulfide) groups is 1. The summed E-state index contributed by atoms with van der Waals surface area (Å²) < 4.78 is 7.93. The van der Waals surface area contributed by atoms with E-state index in [1.807, 2.05) is 30.3 Å². The van der Waals surface area contributed by atoms with E-state index < -0.39 is 0 Å². The van der Waals surface area contributed by atoms with E-state index in [2.05, 4.69) is 20.1 Å². The lowest BCUT2D eigenvalue weighted by atomic mass is 10.2. The fraction of sp³-hybridized carbons (Fsp3) is 0.550. The average molecular weight is 387 g/mol. The van der Waals surface area contributed by atoms with Crippen molar-refractivity contribution >= 4 is 17.7 Å². The molecule has 2 aliphatic rings. The van der Waals surface area contributed by atoms with Gasteiger partial charge in [-0.15, -0.1) is 10.2 Å². The SMILES string of the molecule is O=C(CSc1nnc(-c2ccccc2)n1CC1CCCO1)NC1CCCC1. The third-order valence-corrected chi connectivity index (χ3v) is 6.18. The van der Waals surface area contributed by atoms with E-state index in [-0.39, 0.29) is 12.0 Å². The first-order valence-electron chi connectivity index (χ1n) is 9.82. The summed E-state index contributed by atoms with van der Waals surface area (Å²) in [5.74, 6) is 1.29. The van der Waals surface area contributed by atoms with Crippen LogP contribution in [0, 0.1) is 0 Å². The average Bonchev–Trinajstić information content (AvgIpc) is 3.44. The van der Waals surface area contributed by atoms with Gasteiger partial charge >= 0.3 is 0 Å². The molecule has 0 spiro atoms. The van der Waals surface area contributed by atoms with Gasteiger partial charge in [0.05, 0.1) is 18.4 Å². The van der Waals surface area contributed by atoms with Gasteiger partial charge in [0.15, 0.2) is 11.0 Å². The zero-order valence-electron chi connectivity index (χ0n) is 15.5. The van der Waals surface area contributed by atoms with Gasteiger partial charge in [-0.3, -0.25) is 9.36 Å². The highest BCUT2D eigenvalue weighted by atomic mass is 32.2. The number of rotatable bonds is 7. The summed E-state index contributed by atoms with van der Waals surface area (Å²) in [5, 5.41) is 12.7. The Morgan fingerprint density at radius 3 is 2.70 bits per heavy atom. The Bertz CT molecular complexity index is 753. The topological polar surface area (TPSA) is 69.0 Å². The number of nitrogens with zero attached hydrogens (tertiary/aromatic N) is 3. The van der Waals surface area contributed by atoms with Crippen LogP contribution in [0.25, 0.3) is 11.4 Å². The van der Waals surface area contributed by atoms with E-state index in [0.717, 1.165) is 55.4 Å². The molecule has 0 bridgehead atoms. The number of amides is 1. The van der Waals surface area contributed by atoms with Gasteiger partial charge in [0, 0.05) is 18.2 Å². The van der Waals surface area contributed by atoms with Crippen LogP contribution in [0.3, 0.4) is 0 Å². The lowest BCUT2D eigenvalue weighted by Crippen LogP contribution is -2.33. The normalized spacial score (nSPS) is 20.2. The number of hydrogen-bond acceptors (Lipinski definition) is 5. The number of carbonyl (C=O) groups is 1. The molecule has 1 aliphatic heterocycles. The van der Waals surface area contributed by atoms with Crippen molar-refractivity contribution in [2.75, 3.05) is 12.4 Å². The minimum absolute atomic E-state index is 0.0832. The first-order chi connectivity index (χ1) is 13.3. The lowest BCUT2D eigenvalue weighted by molar-refractivity contribution is -0.119. The van der Waals surface area contributed by atoms with E-state index in [4.69, 9.17) is 4.74 Å². The summed E-state index contributed by atoms with van der Waals surface area (Å²) in [5.41, 5.74) is 1.03. The third kappa shape index (κ3) is 4.71. The van der Waals surface area contributed by atoms with E-state index in [0.29, 0.717) is 11.8 Å². The molecule has 144 valence electrons. The summed E-state index contributed by atoms with van der Waals surface area (Å²) in [6.07, 6.45) is 6.98. The molecular formula is C20H26N4O2S. The Kier molecular flexibility index (Phi) is 6.09. The van der Waals surface area contributed by atoms with Gasteiger partial charge in [-0.1, -0.05) is 54.9 Å². The Labute approximate surface area is 164 Å². The molecule has 1 N–H and O–H groups in total. The minimum atomic E-state index is 0.0832. The predicted molar refractivity (Wildman–Crippen MR) is 106 cm³/mol. The van der Waals surface area contributed by atoms with Crippen molar-refractivity contribution in [1.29, 1.82) is 0 Å². The van der Waals surface area contributed by atoms with Crippen LogP contribution in [-0.4, -0.2) is 45.2 Å². The van der Waals surface area contributed by atoms with Crippen LogP contribution >= 0.6 is 11.8 Å². The second-order valence-corrected chi connectivity index (χ2v) is 8.20. The summed E-state index contributed by atoms with van der Waals surface area (Å²) in [6.45, 7) is 1.55. The van der Waals surface area contributed by atoms with Crippen molar-refractivity contribution in [2.45, 2.75) is 62.4 Å². The van der Waals surface area contributed by atoms with Gasteiger partial charge < -0.3 is 10.1 Å². The molecule has 1 aliphatic carbocycles. The highest BCUT2D eigenvalue weighted by Crippen LogP contribution is 2.26. The van der Waals surface area contributed by atoms with Crippen LogP contribution in [0.15, 0.2) is 35.5 Å². The number of benzene rings is 1. The molecule has 6 nitrogen and oxygen atoms in total. The van der Waals surface area contributed by atoms with Gasteiger partial charge in [-0.05, 0) is 25.7 Å². The zero-order chi connectivity index (χ0) is 18.5. The molecule has 2 fully saturated rings. The van der Waals surface area contributed by atoms with Crippen molar-refractivity contribution in [3.05, 3.63) is 30.3 Å². The first-order valence-corrected chi connectivity index (χ1v) is 10.8. The van der Waals surface area contributed by atoms with Gasteiger partial charge in [-0.2, -0.15) is 0 Å². The monoisotopic (exact) mass is 386 g/mol. The standard InChI is InChI=1S/C20H26N4O2S/c25-18(21-16-9-4-5-10-16)14-27-20-23-22-19(15-7-2-1-3-8-15)24(20)13-17-11-6-12-26-17/h1-3,7-8,16-17H,4-6,9-14H2,(H,21,25). The predicted octanol–water partition coefficient (Wildman–Crippen LogP) is 3.28. The van der Waals surface area contributed by atoms with Crippen LogP contribution in [0.2, 0.25) is 0 Å². The summed E-state index contributed by atoms with van der Waals surface area (Å²) in [7, 11) is 0. The van der Waals surface area contributed by atoms with E-state index >= 15 is 0 Å². The smallest absolute Gasteiger partial charge is 0.230 e. The fourth-order valence-corrected chi connectivity index (χ4v) is 4.58. The summed E-state index contributed by atoms with van der Waals surface area (Å²) in [4.78, 5) is 12.3. The highest BCUT2D eigenvalue weighted by molar-refractivity contribution is 7.99. The number of nitrogens with one attached hydrogen (secondary N) is 1. The Morgan fingerprint density at radius 2 is 1.96 bits per heavy atom. The summed E-state index contributed by atoms with van der Waals surface area (Å²) >= 11 is 1.46. The van der Waals surface area contributed by atoms with Gasteiger partial charge in [0.25, 0.3) is 0 Å². The first kappa shape index (κ1) is 18.5. The van der Waals surface area contributed by atoms with Crippen LogP contribution < -0.4 is 5.32 Å². The molecular weight excluding hydrogens is 360 g/mol. The van der Waals surface area contributed by atoms with Crippen LogP contribution in [0.1, 0.15) is 38.5 Å². The van der Waals surface area contributed by atoms with Crippen molar-refractivity contribution < 1.29 is 9.53 Å². The molecule has 7 heteroatoms. The van der Waals surface area contributed by atoms with E-state index in [1.165, 1.54) is 24.6 Å². The molecule has 0 radical (unpaired) electrons. The zero-order valence-corrected chi connectivity index (χ0v) is 16.3. The molecule has 2 aromatic rings.